The van der Waals surface area contributed by atoms with Gasteiger partial charge in [0.05, 0.1) is 0 Å². The van der Waals surface area contributed by atoms with Crippen LogP contribution in [0.2, 0.25) is 0 Å². The number of aldehydes is 1. The Balaban J connectivity index is 2.57. The zero-order chi connectivity index (χ0) is 11.3. The predicted molar refractivity (Wildman–Crippen MR) is 63.9 cm³/mol. The SMILES string of the molecule is CC(C=O)CN1CCCCCC1C(C)C. The molecular weight excluding hydrogens is 186 g/mol. The van der Waals surface area contributed by atoms with Crippen LogP contribution >= 0.6 is 0 Å². The van der Waals surface area contributed by atoms with Gasteiger partial charge >= 0.3 is 0 Å². The first-order valence-electron chi connectivity index (χ1n) is 6.34. The third-order valence-corrected chi connectivity index (χ3v) is 3.44. The Morgan fingerprint density at radius 2 is 2.00 bits per heavy atom. The van der Waals surface area contributed by atoms with Gasteiger partial charge in [0.1, 0.15) is 6.29 Å². The van der Waals surface area contributed by atoms with Gasteiger partial charge in [0, 0.05) is 18.5 Å². The van der Waals surface area contributed by atoms with Crippen molar-refractivity contribution in [3.05, 3.63) is 0 Å². The summed E-state index contributed by atoms with van der Waals surface area (Å²) < 4.78 is 0. The molecule has 0 aromatic rings. The summed E-state index contributed by atoms with van der Waals surface area (Å²) in [4.78, 5) is 13.3. The van der Waals surface area contributed by atoms with Crippen LogP contribution in [0.1, 0.15) is 46.5 Å². The van der Waals surface area contributed by atoms with Crippen molar-refractivity contribution in [3.8, 4) is 0 Å². The Morgan fingerprint density at radius 1 is 1.27 bits per heavy atom. The molecule has 0 saturated carbocycles. The van der Waals surface area contributed by atoms with Crippen LogP contribution in [0.5, 0.6) is 0 Å². The lowest BCUT2D eigenvalue weighted by atomic mass is 9.97. The fraction of sp³-hybridized carbons (Fsp3) is 0.923. The standard InChI is InChI=1S/C13H25NO/c1-11(2)13-7-5-4-6-8-14(13)9-12(3)10-15/h10-13H,4-9H2,1-3H3. The molecule has 0 aromatic heterocycles. The Kier molecular flexibility index (Phi) is 5.30. The lowest BCUT2D eigenvalue weighted by molar-refractivity contribution is -0.111. The van der Waals surface area contributed by atoms with E-state index in [0.717, 1.165) is 12.8 Å². The second kappa shape index (κ2) is 6.26. The second-order valence-electron chi connectivity index (χ2n) is 5.27. The number of rotatable bonds is 4. The molecule has 0 spiro atoms. The highest BCUT2D eigenvalue weighted by Crippen LogP contribution is 2.23. The number of carbonyl (C=O) groups excluding carboxylic acids is 1. The van der Waals surface area contributed by atoms with Gasteiger partial charge in [-0.05, 0) is 25.3 Å². The molecule has 0 radical (unpaired) electrons. The second-order valence-corrected chi connectivity index (χ2v) is 5.27. The van der Waals surface area contributed by atoms with E-state index in [9.17, 15) is 4.79 Å². The molecule has 15 heavy (non-hydrogen) atoms. The summed E-state index contributed by atoms with van der Waals surface area (Å²) in [5, 5.41) is 0. The first-order valence-corrected chi connectivity index (χ1v) is 6.34. The number of nitrogens with zero attached hydrogens (tertiary/aromatic N) is 1. The minimum Gasteiger partial charge on any atom is -0.303 e. The average molecular weight is 211 g/mol. The number of carbonyl (C=O) groups is 1. The zero-order valence-corrected chi connectivity index (χ0v) is 10.4. The molecule has 0 N–H and O–H groups in total. The Labute approximate surface area is 94.0 Å². The number of likely N-dealkylation sites (tertiary alicyclic amines) is 1. The minimum atomic E-state index is 0.185. The fourth-order valence-corrected chi connectivity index (χ4v) is 2.59. The van der Waals surface area contributed by atoms with Crippen LogP contribution in [0.25, 0.3) is 0 Å². The molecule has 2 atom stereocenters. The molecule has 1 fully saturated rings. The van der Waals surface area contributed by atoms with E-state index in [2.05, 4.69) is 18.7 Å². The molecule has 0 bridgehead atoms. The summed E-state index contributed by atoms with van der Waals surface area (Å²) in [6.45, 7) is 8.76. The molecule has 0 aromatic carbocycles. The molecule has 88 valence electrons. The summed E-state index contributed by atoms with van der Waals surface area (Å²) in [7, 11) is 0. The Bertz CT molecular complexity index is 191. The van der Waals surface area contributed by atoms with Crippen LogP contribution in [0.15, 0.2) is 0 Å². The monoisotopic (exact) mass is 211 g/mol. The van der Waals surface area contributed by atoms with Crippen molar-refractivity contribution in [1.82, 2.24) is 4.90 Å². The van der Waals surface area contributed by atoms with E-state index in [0.29, 0.717) is 12.0 Å². The maximum atomic E-state index is 10.7. The molecular formula is C13H25NO. The molecule has 1 rings (SSSR count). The minimum absolute atomic E-state index is 0.185. The quantitative estimate of drug-likeness (QED) is 0.666. The van der Waals surface area contributed by atoms with Crippen molar-refractivity contribution in [2.45, 2.75) is 52.5 Å². The van der Waals surface area contributed by atoms with Crippen LogP contribution in [-0.2, 0) is 4.79 Å². The van der Waals surface area contributed by atoms with Gasteiger partial charge < -0.3 is 4.79 Å². The van der Waals surface area contributed by atoms with Gasteiger partial charge in [0.15, 0.2) is 0 Å². The van der Waals surface area contributed by atoms with Crippen LogP contribution < -0.4 is 0 Å². The summed E-state index contributed by atoms with van der Waals surface area (Å²) in [5.41, 5.74) is 0. The smallest absolute Gasteiger partial charge is 0.124 e. The third-order valence-electron chi connectivity index (χ3n) is 3.44. The van der Waals surface area contributed by atoms with Crippen molar-refractivity contribution in [2.75, 3.05) is 13.1 Å². The molecule has 2 heteroatoms. The van der Waals surface area contributed by atoms with Crippen molar-refractivity contribution >= 4 is 6.29 Å². The van der Waals surface area contributed by atoms with Gasteiger partial charge in [-0.25, -0.2) is 0 Å². The highest BCUT2D eigenvalue weighted by atomic mass is 16.1. The molecule has 2 unspecified atom stereocenters. The van der Waals surface area contributed by atoms with E-state index >= 15 is 0 Å². The first-order chi connectivity index (χ1) is 7.15. The van der Waals surface area contributed by atoms with Crippen LogP contribution in [0.4, 0.5) is 0 Å². The predicted octanol–water partition coefficient (Wildman–Crippen LogP) is 2.72. The van der Waals surface area contributed by atoms with E-state index < -0.39 is 0 Å². The highest BCUT2D eigenvalue weighted by molar-refractivity contribution is 5.53. The fourth-order valence-electron chi connectivity index (χ4n) is 2.59. The lowest BCUT2D eigenvalue weighted by Crippen LogP contribution is -2.41. The van der Waals surface area contributed by atoms with Gasteiger partial charge in [-0.15, -0.1) is 0 Å². The Hall–Kier alpha value is -0.370. The summed E-state index contributed by atoms with van der Waals surface area (Å²) in [6.07, 6.45) is 6.41. The van der Waals surface area contributed by atoms with Gasteiger partial charge in [0.2, 0.25) is 0 Å². The molecule has 1 aliphatic heterocycles. The van der Waals surface area contributed by atoms with E-state index in [4.69, 9.17) is 0 Å². The van der Waals surface area contributed by atoms with Gasteiger partial charge in [-0.3, -0.25) is 4.90 Å². The van der Waals surface area contributed by atoms with Crippen LogP contribution in [0, 0.1) is 11.8 Å². The van der Waals surface area contributed by atoms with Crippen molar-refractivity contribution in [1.29, 1.82) is 0 Å². The third kappa shape index (κ3) is 3.94. The van der Waals surface area contributed by atoms with Gasteiger partial charge in [-0.2, -0.15) is 0 Å². The number of hydrogen-bond donors (Lipinski definition) is 0. The Morgan fingerprint density at radius 3 is 2.60 bits per heavy atom. The molecule has 1 saturated heterocycles. The zero-order valence-electron chi connectivity index (χ0n) is 10.4. The molecule has 2 nitrogen and oxygen atoms in total. The van der Waals surface area contributed by atoms with E-state index in [1.54, 1.807) is 0 Å². The topological polar surface area (TPSA) is 20.3 Å². The van der Waals surface area contributed by atoms with E-state index in [-0.39, 0.29) is 5.92 Å². The molecule has 0 amide bonds. The molecule has 1 aliphatic rings. The number of hydrogen-bond acceptors (Lipinski definition) is 2. The van der Waals surface area contributed by atoms with E-state index in [1.807, 2.05) is 6.92 Å². The molecule has 1 heterocycles. The summed E-state index contributed by atoms with van der Waals surface area (Å²) >= 11 is 0. The normalized spacial score (nSPS) is 26.3. The largest absolute Gasteiger partial charge is 0.303 e. The van der Waals surface area contributed by atoms with Crippen molar-refractivity contribution < 1.29 is 4.79 Å². The maximum Gasteiger partial charge on any atom is 0.124 e. The van der Waals surface area contributed by atoms with Crippen molar-refractivity contribution in [3.63, 3.8) is 0 Å². The van der Waals surface area contributed by atoms with Gasteiger partial charge in [0.25, 0.3) is 0 Å². The maximum absolute atomic E-state index is 10.7. The highest BCUT2D eigenvalue weighted by Gasteiger charge is 2.24. The van der Waals surface area contributed by atoms with Gasteiger partial charge in [-0.1, -0.05) is 33.6 Å². The van der Waals surface area contributed by atoms with E-state index in [1.165, 1.54) is 32.2 Å². The summed E-state index contributed by atoms with van der Waals surface area (Å²) in [6, 6.07) is 0.690. The average Bonchev–Trinajstić information content (AvgIpc) is 2.43. The molecule has 0 aliphatic carbocycles. The van der Waals surface area contributed by atoms with Crippen molar-refractivity contribution in [2.24, 2.45) is 11.8 Å². The van der Waals surface area contributed by atoms with Crippen LogP contribution in [0.3, 0.4) is 0 Å². The first kappa shape index (κ1) is 12.7. The van der Waals surface area contributed by atoms with Crippen LogP contribution in [-0.4, -0.2) is 30.3 Å². The lowest BCUT2D eigenvalue weighted by Gasteiger charge is -2.33. The summed E-state index contributed by atoms with van der Waals surface area (Å²) in [5.74, 6) is 0.895.